The summed E-state index contributed by atoms with van der Waals surface area (Å²) in [6.45, 7) is 0. The first kappa shape index (κ1) is 14.2. The Hall–Kier alpha value is -1.17. The SMILES string of the molecule is Cl.NC1CCC(C(=O)Nc2nc3ccccc3s2)C1. The van der Waals surface area contributed by atoms with Crippen LogP contribution in [0.25, 0.3) is 10.2 Å². The highest BCUT2D eigenvalue weighted by Crippen LogP contribution is 2.28. The van der Waals surface area contributed by atoms with E-state index < -0.39 is 0 Å². The Kier molecular flexibility index (Phi) is 4.39. The number of carbonyl (C=O) groups excluding carboxylic acids is 1. The van der Waals surface area contributed by atoms with E-state index in [0.29, 0.717) is 5.13 Å². The number of nitrogens with one attached hydrogen (secondary N) is 1. The van der Waals surface area contributed by atoms with Crippen LogP contribution in [0.2, 0.25) is 0 Å². The molecular weight excluding hydrogens is 282 g/mol. The number of benzene rings is 1. The van der Waals surface area contributed by atoms with Gasteiger partial charge in [-0.05, 0) is 31.4 Å². The lowest BCUT2D eigenvalue weighted by molar-refractivity contribution is -0.119. The summed E-state index contributed by atoms with van der Waals surface area (Å²) in [5, 5.41) is 3.59. The van der Waals surface area contributed by atoms with Crippen LogP contribution in [0.15, 0.2) is 24.3 Å². The van der Waals surface area contributed by atoms with Gasteiger partial charge in [0, 0.05) is 12.0 Å². The van der Waals surface area contributed by atoms with Crippen molar-refractivity contribution in [1.82, 2.24) is 4.98 Å². The molecule has 0 bridgehead atoms. The molecule has 1 aromatic carbocycles. The molecular formula is C13H16ClN3OS. The smallest absolute Gasteiger partial charge is 0.229 e. The van der Waals surface area contributed by atoms with Crippen molar-refractivity contribution in [3.63, 3.8) is 0 Å². The summed E-state index contributed by atoms with van der Waals surface area (Å²) in [6.07, 6.45) is 2.62. The number of amides is 1. The summed E-state index contributed by atoms with van der Waals surface area (Å²) in [6, 6.07) is 8.06. The maximum Gasteiger partial charge on any atom is 0.229 e. The van der Waals surface area contributed by atoms with Gasteiger partial charge >= 0.3 is 0 Å². The number of hydrogen-bond donors (Lipinski definition) is 2. The van der Waals surface area contributed by atoms with Crippen LogP contribution in [-0.4, -0.2) is 16.9 Å². The normalized spacial score (nSPS) is 22.2. The van der Waals surface area contributed by atoms with E-state index >= 15 is 0 Å². The first-order chi connectivity index (χ1) is 8.72. The Morgan fingerprint density at radius 3 is 2.84 bits per heavy atom. The van der Waals surface area contributed by atoms with Crippen LogP contribution in [0, 0.1) is 5.92 Å². The van der Waals surface area contributed by atoms with Gasteiger partial charge in [-0.3, -0.25) is 4.79 Å². The van der Waals surface area contributed by atoms with E-state index in [0.717, 1.165) is 29.5 Å². The van der Waals surface area contributed by atoms with Crippen molar-refractivity contribution < 1.29 is 4.79 Å². The van der Waals surface area contributed by atoms with Gasteiger partial charge in [0.25, 0.3) is 0 Å². The van der Waals surface area contributed by atoms with Crippen LogP contribution >= 0.6 is 23.7 Å². The van der Waals surface area contributed by atoms with E-state index in [9.17, 15) is 4.79 Å². The third-order valence-corrected chi connectivity index (χ3v) is 4.32. The van der Waals surface area contributed by atoms with Gasteiger partial charge in [-0.2, -0.15) is 0 Å². The first-order valence-corrected chi connectivity index (χ1v) is 6.96. The molecule has 2 atom stereocenters. The fraction of sp³-hybridized carbons (Fsp3) is 0.385. The Bertz CT molecular complexity index is 553. The summed E-state index contributed by atoms with van der Waals surface area (Å²) in [5.41, 5.74) is 6.76. The topological polar surface area (TPSA) is 68.0 Å². The molecule has 6 heteroatoms. The molecule has 4 nitrogen and oxygen atoms in total. The number of nitrogens with two attached hydrogens (primary N) is 1. The van der Waals surface area contributed by atoms with Crippen molar-refractivity contribution in [2.45, 2.75) is 25.3 Å². The molecule has 102 valence electrons. The van der Waals surface area contributed by atoms with E-state index in [2.05, 4.69) is 10.3 Å². The molecule has 1 saturated carbocycles. The number of thiazole rings is 1. The monoisotopic (exact) mass is 297 g/mol. The molecule has 19 heavy (non-hydrogen) atoms. The molecule has 0 aliphatic heterocycles. The lowest BCUT2D eigenvalue weighted by atomic mass is 10.1. The maximum atomic E-state index is 12.0. The van der Waals surface area contributed by atoms with E-state index in [1.807, 2.05) is 24.3 Å². The zero-order valence-corrected chi connectivity index (χ0v) is 12.0. The second kappa shape index (κ2) is 5.86. The van der Waals surface area contributed by atoms with Crippen LogP contribution in [0.3, 0.4) is 0 Å². The second-order valence-electron chi connectivity index (χ2n) is 4.75. The first-order valence-electron chi connectivity index (χ1n) is 6.14. The highest BCUT2D eigenvalue weighted by molar-refractivity contribution is 7.22. The van der Waals surface area contributed by atoms with Crippen LogP contribution in [0.5, 0.6) is 0 Å². The number of rotatable bonds is 2. The van der Waals surface area contributed by atoms with Crippen molar-refractivity contribution in [3.8, 4) is 0 Å². The number of anilines is 1. The predicted molar refractivity (Wildman–Crippen MR) is 80.8 cm³/mol. The molecule has 3 rings (SSSR count). The van der Waals surface area contributed by atoms with Crippen molar-refractivity contribution in [2.75, 3.05) is 5.32 Å². The average Bonchev–Trinajstić information content (AvgIpc) is 2.94. The predicted octanol–water partition coefficient (Wildman–Crippen LogP) is 2.78. The van der Waals surface area contributed by atoms with Gasteiger partial charge in [-0.1, -0.05) is 23.5 Å². The Balaban J connectivity index is 0.00000133. The fourth-order valence-electron chi connectivity index (χ4n) is 2.39. The standard InChI is InChI=1S/C13H15N3OS.ClH/c14-9-6-5-8(7-9)12(17)16-13-15-10-3-1-2-4-11(10)18-13;/h1-4,8-9H,5-7,14H2,(H,15,16,17);1H. The molecule has 1 heterocycles. The summed E-state index contributed by atoms with van der Waals surface area (Å²) < 4.78 is 1.09. The Labute approximate surface area is 121 Å². The lowest BCUT2D eigenvalue weighted by Crippen LogP contribution is -2.23. The van der Waals surface area contributed by atoms with Crippen LogP contribution in [0.4, 0.5) is 5.13 Å². The molecule has 1 amide bonds. The molecule has 2 unspecified atom stereocenters. The zero-order valence-electron chi connectivity index (χ0n) is 10.3. The highest BCUT2D eigenvalue weighted by Gasteiger charge is 2.28. The molecule has 1 aromatic heterocycles. The number of hydrogen-bond acceptors (Lipinski definition) is 4. The second-order valence-corrected chi connectivity index (χ2v) is 5.78. The minimum Gasteiger partial charge on any atom is -0.328 e. The highest BCUT2D eigenvalue weighted by atomic mass is 35.5. The molecule has 1 fully saturated rings. The van der Waals surface area contributed by atoms with Gasteiger partial charge in [0.15, 0.2) is 5.13 Å². The largest absolute Gasteiger partial charge is 0.328 e. The van der Waals surface area contributed by atoms with Gasteiger partial charge in [0.1, 0.15) is 0 Å². The summed E-state index contributed by atoms with van der Waals surface area (Å²) >= 11 is 1.51. The number of nitrogens with zero attached hydrogens (tertiary/aromatic N) is 1. The Morgan fingerprint density at radius 1 is 1.37 bits per heavy atom. The number of fused-ring (bicyclic) bond motifs is 1. The van der Waals surface area contributed by atoms with Gasteiger partial charge in [0.05, 0.1) is 10.2 Å². The number of halogens is 1. The molecule has 0 spiro atoms. The molecule has 1 aliphatic rings. The summed E-state index contributed by atoms with van der Waals surface area (Å²) in [5.74, 6) is 0.106. The molecule has 0 saturated heterocycles. The number of carbonyl (C=O) groups is 1. The van der Waals surface area contributed by atoms with E-state index in [1.165, 1.54) is 11.3 Å². The van der Waals surface area contributed by atoms with Gasteiger partial charge < -0.3 is 11.1 Å². The minimum absolute atomic E-state index is 0. The third kappa shape index (κ3) is 3.05. The lowest BCUT2D eigenvalue weighted by Gasteiger charge is -2.07. The van der Waals surface area contributed by atoms with Crippen molar-refractivity contribution in [1.29, 1.82) is 0 Å². The van der Waals surface area contributed by atoms with E-state index in [-0.39, 0.29) is 30.3 Å². The Morgan fingerprint density at radius 2 is 2.16 bits per heavy atom. The minimum atomic E-state index is 0. The van der Waals surface area contributed by atoms with Crippen molar-refractivity contribution in [3.05, 3.63) is 24.3 Å². The summed E-state index contributed by atoms with van der Waals surface area (Å²) in [7, 11) is 0. The zero-order chi connectivity index (χ0) is 12.5. The quantitative estimate of drug-likeness (QED) is 0.895. The summed E-state index contributed by atoms with van der Waals surface area (Å²) in [4.78, 5) is 16.4. The van der Waals surface area contributed by atoms with E-state index in [4.69, 9.17) is 5.73 Å². The number of para-hydroxylation sites is 1. The molecule has 3 N–H and O–H groups in total. The van der Waals surface area contributed by atoms with Crippen molar-refractivity contribution in [2.24, 2.45) is 11.7 Å². The van der Waals surface area contributed by atoms with E-state index in [1.54, 1.807) is 0 Å². The van der Waals surface area contributed by atoms with Crippen molar-refractivity contribution >= 4 is 45.0 Å². The molecule has 1 aliphatic carbocycles. The van der Waals surface area contributed by atoms with Gasteiger partial charge in [-0.15, -0.1) is 12.4 Å². The molecule has 0 radical (unpaired) electrons. The average molecular weight is 298 g/mol. The third-order valence-electron chi connectivity index (χ3n) is 3.37. The van der Waals surface area contributed by atoms with Gasteiger partial charge in [0.2, 0.25) is 5.91 Å². The van der Waals surface area contributed by atoms with Gasteiger partial charge in [-0.25, -0.2) is 4.98 Å². The maximum absolute atomic E-state index is 12.0. The van der Waals surface area contributed by atoms with Crippen LogP contribution in [-0.2, 0) is 4.79 Å². The number of aromatic nitrogens is 1. The molecule has 2 aromatic rings. The van der Waals surface area contributed by atoms with Crippen LogP contribution < -0.4 is 11.1 Å². The fourth-order valence-corrected chi connectivity index (χ4v) is 3.26. The van der Waals surface area contributed by atoms with Crippen LogP contribution in [0.1, 0.15) is 19.3 Å².